The van der Waals surface area contributed by atoms with Crippen molar-refractivity contribution in [1.29, 1.82) is 0 Å². The number of hydrogen-bond donors (Lipinski definition) is 2. The Morgan fingerprint density at radius 1 is 0.964 bits per heavy atom. The predicted octanol–water partition coefficient (Wildman–Crippen LogP) is 3.56. The normalized spacial score (nSPS) is 10.4. The van der Waals surface area contributed by atoms with Crippen molar-refractivity contribution in [1.82, 2.24) is 15.0 Å². The lowest BCUT2D eigenvalue weighted by atomic mass is 10.2. The number of aromatic nitrogens is 3. The molecule has 1 aromatic heterocycles. The molecule has 146 valence electrons. The van der Waals surface area contributed by atoms with Crippen LogP contribution in [0, 0.1) is 5.82 Å². The first-order chi connectivity index (χ1) is 13.1. The molecule has 0 atom stereocenters. The highest BCUT2D eigenvalue weighted by Gasteiger charge is 2.07. The average molecular weight is 402 g/mol. The third kappa shape index (κ3) is 6.17. The van der Waals surface area contributed by atoms with Crippen LogP contribution in [0.1, 0.15) is 11.1 Å². The second kappa shape index (κ2) is 10.2. The SMILES string of the molecule is CN(C)c1nc(NCc2ccccc2)nc(N/N=C/c2ccc(F)cc2)n1.Cl. The summed E-state index contributed by atoms with van der Waals surface area (Å²) in [5.74, 6) is 0.960. The molecule has 0 unspecified atom stereocenters. The van der Waals surface area contributed by atoms with Gasteiger partial charge < -0.3 is 10.2 Å². The third-order valence-corrected chi connectivity index (χ3v) is 3.57. The fraction of sp³-hybridized carbons (Fsp3) is 0.158. The van der Waals surface area contributed by atoms with Crippen molar-refractivity contribution in [2.24, 2.45) is 5.10 Å². The van der Waals surface area contributed by atoms with Crippen molar-refractivity contribution < 1.29 is 4.39 Å². The van der Waals surface area contributed by atoms with E-state index in [1.54, 1.807) is 23.2 Å². The van der Waals surface area contributed by atoms with E-state index < -0.39 is 0 Å². The van der Waals surface area contributed by atoms with Crippen LogP contribution in [0.5, 0.6) is 0 Å². The van der Waals surface area contributed by atoms with Crippen LogP contribution in [0.3, 0.4) is 0 Å². The molecule has 7 nitrogen and oxygen atoms in total. The van der Waals surface area contributed by atoms with E-state index in [9.17, 15) is 4.39 Å². The van der Waals surface area contributed by atoms with Gasteiger partial charge in [-0.05, 0) is 23.3 Å². The van der Waals surface area contributed by atoms with Crippen LogP contribution in [0.4, 0.5) is 22.2 Å². The molecule has 2 N–H and O–H groups in total. The Hall–Kier alpha value is -3.26. The van der Waals surface area contributed by atoms with Crippen molar-refractivity contribution in [3.8, 4) is 0 Å². The number of rotatable bonds is 7. The van der Waals surface area contributed by atoms with Gasteiger partial charge in [-0.25, -0.2) is 9.82 Å². The van der Waals surface area contributed by atoms with Crippen LogP contribution in [-0.4, -0.2) is 35.3 Å². The van der Waals surface area contributed by atoms with Gasteiger partial charge in [-0.3, -0.25) is 0 Å². The van der Waals surface area contributed by atoms with Gasteiger partial charge >= 0.3 is 0 Å². The van der Waals surface area contributed by atoms with Gasteiger partial charge in [0.2, 0.25) is 17.8 Å². The molecule has 0 aliphatic carbocycles. The second-order valence-electron chi connectivity index (χ2n) is 5.94. The quantitative estimate of drug-likeness (QED) is 0.465. The average Bonchev–Trinajstić information content (AvgIpc) is 2.68. The maximum Gasteiger partial charge on any atom is 0.250 e. The molecule has 0 aliphatic heterocycles. The van der Waals surface area contributed by atoms with E-state index in [2.05, 4.69) is 30.8 Å². The summed E-state index contributed by atoms with van der Waals surface area (Å²) in [6, 6.07) is 16.0. The smallest absolute Gasteiger partial charge is 0.250 e. The Labute approximate surface area is 169 Å². The summed E-state index contributed by atoms with van der Waals surface area (Å²) in [4.78, 5) is 14.8. The summed E-state index contributed by atoms with van der Waals surface area (Å²) in [5, 5.41) is 7.29. The van der Waals surface area contributed by atoms with Crippen molar-refractivity contribution in [3.63, 3.8) is 0 Å². The van der Waals surface area contributed by atoms with Gasteiger partial charge in [-0.2, -0.15) is 20.1 Å². The van der Waals surface area contributed by atoms with E-state index in [0.717, 1.165) is 11.1 Å². The molecule has 1 heterocycles. The lowest BCUT2D eigenvalue weighted by Crippen LogP contribution is -2.16. The van der Waals surface area contributed by atoms with Crippen molar-refractivity contribution >= 4 is 36.5 Å². The largest absolute Gasteiger partial charge is 0.350 e. The van der Waals surface area contributed by atoms with Crippen LogP contribution in [0.15, 0.2) is 59.7 Å². The molecule has 9 heteroatoms. The van der Waals surface area contributed by atoms with Crippen LogP contribution in [-0.2, 0) is 6.54 Å². The summed E-state index contributed by atoms with van der Waals surface area (Å²) in [6.07, 6.45) is 1.57. The predicted molar refractivity (Wildman–Crippen MR) is 113 cm³/mol. The number of hydrogen-bond acceptors (Lipinski definition) is 7. The minimum Gasteiger partial charge on any atom is -0.350 e. The van der Waals surface area contributed by atoms with Crippen molar-refractivity contribution in [2.75, 3.05) is 29.7 Å². The first kappa shape index (κ1) is 21.0. The summed E-state index contributed by atoms with van der Waals surface area (Å²) >= 11 is 0. The monoisotopic (exact) mass is 401 g/mol. The Bertz CT molecular complexity index is 902. The van der Waals surface area contributed by atoms with E-state index in [0.29, 0.717) is 24.4 Å². The maximum absolute atomic E-state index is 12.9. The van der Waals surface area contributed by atoms with Gasteiger partial charge in [0.25, 0.3) is 0 Å². The molecule has 0 bridgehead atoms. The summed E-state index contributed by atoms with van der Waals surface area (Å²) < 4.78 is 12.9. The highest BCUT2D eigenvalue weighted by molar-refractivity contribution is 5.85. The molecule has 0 saturated carbocycles. The summed E-state index contributed by atoms with van der Waals surface area (Å²) in [7, 11) is 3.70. The number of nitrogens with zero attached hydrogens (tertiary/aromatic N) is 5. The van der Waals surface area contributed by atoms with Gasteiger partial charge in [-0.15, -0.1) is 12.4 Å². The second-order valence-corrected chi connectivity index (χ2v) is 5.94. The van der Waals surface area contributed by atoms with Gasteiger partial charge in [0.15, 0.2) is 0 Å². The lowest BCUT2D eigenvalue weighted by molar-refractivity contribution is 0.628. The topological polar surface area (TPSA) is 78.3 Å². The van der Waals surface area contributed by atoms with Gasteiger partial charge in [0.1, 0.15) is 5.82 Å². The van der Waals surface area contributed by atoms with Gasteiger partial charge in [0.05, 0.1) is 6.21 Å². The van der Waals surface area contributed by atoms with Gasteiger partial charge in [-0.1, -0.05) is 42.5 Å². The fourth-order valence-corrected chi connectivity index (χ4v) is 2.18. The Kier molecular flexibility index (Phi) is 7.65. The zero-order valence-electron chi connectivity index (χ0n) is 15.5. The van der Waals surface area contributed by atoms with E-state index in [1.807, 2.05) is 44.4 Å². The van der Waals surface area contributed by atoms with Crippen molar-refractivity contribution in [2.45, 2.75) is 6.54 Å². The minimum atomic E-state index is -0.290. The zero-order chi connectivity index (χ0) is 19.1. The molecule has 0 spiro atoms. The standard InChI is InChI=1S/C19H20FN7.ClH/c1-27(2)19-24-17(21-12-14-6-4-3-5-7-14)23-18(25-19)26-22-13-15-8-10-16(20)11-9-15;/h3-11,13H,12H2,1-2H3,(H2,21,23,24,25,26);1H/b22-13+;. The fourth-order valence-electron chi connectivity index (χ4n) is 2.18. The molecule has 0 fully saturated rings. The molecule has 2 aromatic carbocycles. The van der Waals surface area contributed by atoms with E-state index in [4.69, 9.17) is 0 Å². The number of halogens is 2. The lowest BCUT2D eigenvalue weighted by Gasteiger charge is -2.13. The van der Waals surface area contributed by atoms with E-state index in [-0.39, 0.29) is 18.2 Å². The van der Waals surface area contributed by atoms with Crippen LogP contribution in [0.25, 0.3) is 0 Å². The highest BCUT2D eigenvalue weighted by atomic mass is 35.5. The zero-order valence-corrected chi connectivity index (χ0v) is 16.3. The first-order valence-electron chi connectivity index (χ1n) is 8.36. The molecular weight excluding hydrogens is 381 g/mol. The third-order valence-electron chi connectivity index (χ3n) is 3.57. The van der Waals surface area contributed by atoms with Crippen LogP contribution >= 0.6 is 12.4 Å². The molecule has 3 rings (SSSR count). The molecule has 3 aromatic rings. The first-order valence-corrected chi connectivity index (χ1v) is 8.36. The van der Waals surface area contributed by atoms with Gasteiger partial charge in [0, 0.05) is 20.6 Å². The number of hydrazone groups is 1. The number of benzene rings is 2. The minimum absolute atomic E-state index is 0. The summed E-state index contributed by atoms with van der Waals surface area (Å²) in [6.45, 7) is 0.593. The maximum atomic E-state index is 12.9. The Morgan fingerprint density at radius 3 is 2.32 bits per heavy atom. The van der Waals surface area contributed by atoms with Crippen molar-refractivity contribution in [3.05, 3.63) is 71.5 Å². The molecule has 0 amide bonds. The molecule has 0 saturated heterocycles. The molecule has 28 heavy (non-hydrogen) atoms. The molecule has 0 aliphatic rings. The summed E-state index contributed by atoms with van der Waals surface area (Å²) in [5.41, 5.74) is 4.66. The highest BCUT2D eigenvalue weighted by Crippen LogP contribution is 2.12. The number of anilines is 3. The van der Waals surface area contributed by atoms with E-state index in [1.165, 1.54) is 12.1 Å². The molecule has 0 radical (unpaired) electrons. The van der Waals surface area contributed by atoms with Crippen LogP contribution < -0.4 is 15.6 Å². The van der Waals surface area contributed by atoms with E-state index >= 15 is 0 Å². The molecular formula is C19H21ClFN7. The van der Waals surface area contributed by atoms with Crippen LogP contribution in [0.2, 0.25) is 0 Å². The number of nitrogens with one attached hydrogen (secondary N) is 2. The Balaban J connectivity index is 0.00000280. The Morgan fingerprint density at radius 2 is 1.64 bits per heavy atom.